The minimum absolute atomic E-state index is 0.118. The summed E-state index contributed by atoms with van der Waals surface area (Å²) in [5.41, 5.74) is 0.413. The largest absolute Gasteiger partial charge is 0.497 e. The Morgan fingerprint density at radius 1 is 0.672 bits per heavy atom. The van der Waals surface area contributed by atoms with E-state index in [1.165, 1.54) is 76.7 Å². The third-order valence-corrected chi connectivity index (χ3v) is 16.0. The molecule has 0 heterocycles. The Kier molecular flexibility index (Phi) is 19.2. The van der Waals surface area contributed by atoms with Crippen LogP contribution in [0.3, 0.4) is 0 Å². The molecule has 0 aliphatic heterocycles. The molecule has 380 valence electrons. The van der Waals surface area contributed by atoms with Gasteiger partial charge in [-0.2, -0.15) is 74.6 Å². The molecule has 1 atom stereocenters. The number of methoxy groups -OCH3 is 1. The first-order chi connectivity index (χ1) is 30.5. The number of ether oxygens (including phenoxy) is 3. The molecule has 0 aliphatic carbocycles. The van der Waals surface area contributed by atoms with Gasteiger partial charge in [0, 0.05) is 18.2 Å². The Labute approximate surface area is 372 Å². The van der Waals surface area contributed by atoms with Crippen LogP contribution in [0.2, 0.25) is 17.1 Å². The van der Waals surface area contributed by atoms with Crippen molar-refractivity contribution in [3.8, 4) is 11.5 Å². The van der Waals surface area contributed by atoms with Gasteiger partial charge in [-0.3, -0.25) is 15.3 Å². The molecule has 0 aliphatic rings. The van der Waals surface area contributed by atoms with Crippen molar-refractivity contribution in [2.45, 2.75) is 118 Å². The lowest BCUT2D eigenvalue weighted by Crippen LogP contribution is -2.74. The number of allylic oxidation sites excluding steroid dienone is 3. The van der Waals surface area contributed by atoms with Gasteiger partial charge in [0.1, 0.15) is 24.2 Å². The molecule has 3 N–H and O–H groups in total. The summed E-state index contributed by atoms with van der Waals surface area (Å²) >= 11 is 0. The van der Waals surface area contributed by atoms with Crippen LogP contribution in [0.4, 0.5) is 85.1 Å². The standard InChI is InChI=1S/C40H45F17N2O7Si/c1-24(2)67(25(3)4,23-20-33(41,42)34(43,44)35(45,46)36(47,48)37(49,50)38(51,52)39(53,54)40(55,56)57)65-22-21-64-29-16-12-26(13-17-29)30(10-8-6-7-9-11-31(60)59-62)66-32(61)58-27-14-18-28(63-5)19-15-27/h6-7,9,11-19,24-25,30,62H,8,10,20-23H2,1-5H3,(H,58,61)(H,59,60)/b7-6+,11-9+/t30-/m1/s1. The van der Waals surface area contributed by atoms with Crippen molar-refractivity contribution in [1.29, 1.82) is 0 Å². The van der Waals surface area contributed by atoms with Crippen LogP contribution in [0.15, 0.2) is 72.8 Å². The van der Waals surface area contributed by atoms with Crippen LogP contribution in [-0.4, -0.2) is 93.5 Å². The number of halogens is 17. The van der Waals surface area contributed by atoms with Crippen molar-refractivity contribution in [2.75, 3.05) is 25.6 Å². The highest BCUT2D eigenvalue weighted by molar-refractivity contribution is 6.76. The number of hydroxylamine groups is 1. The molecule has 9 nitrogen and oxygen atoms in total. The van der Waals surface area contributed by atoms with Gasteiger partial charge in [-0.1, -0.05) is 58.1 Å². The van der Waals surface area contributed by atoms with E-state index in [-0.39, 0.29) is 12.2 Å². The molecule has 0 fully saturated rings. The van der Waals surface area contributed by atoms with E-state index >= 15 is 0 Å². The summed E-state index contributed by atoms with van der Waals surface area (Å²) in [5, 5.41) is 11.1. The molecule has 27 heteroatoms. The van der Waals surface area contributed by atoms with Gasteiger partial charge in [-0.05, 0) is 71.9 Å². The minimum atomic E-state index is -8.70. The van der Waals surface area contributed by atoms with E-state index in [1.54, 1.807) is 30.3 Å². The van der Waals surface area contributed by atoms with Gasteiger partial charge >= 0.3 is 53.7 Å². The predicted molar refractivity (Wildman–Crippen MR) is 207 cm³/mol. The lowest BCUT2D eigenvalue weighted by molar-refractivity contribution is -0.461. The molecule has 2 aromatic rings. The maximum absolute atomic E-state index is 15.0. The highest BCUT2D eigenvalue weighted by atomic mass is 28.4. The first kappa shape index (κ1) is 58.3. The molecule has 0 bridgehead atoms. The van der Waals surface area contributed by atoms with E-state index in [2.05, 4.69) is 5.32 Å². The summed E-state index contributed by atoms with van der Waals surface area (Å²) in [6, 6.07) is 10.7. The average Bonchev–Trinajstić information content (AvgIpc) is 3.23. The normalized spacial score (nSPS) is 14.5. The molecule has 0 saturated heterocycles. The van der Waals surface area contributed by atoms with E-state index in [0.717, 1.165) is 6.08 Å². The van der Waals surface area contributed by atoms with E-state index in [0.29, 0.717) is 23.4 Å². The number of nitrogens with one attached hydrogen (secondary N) is 2. The van der Waals surface area contributed by atoms with Crippen molar-refractivity contribution in [1.82, 2.24) is 5.48 Å². The van der Waals surface area contributed by atoms with Gasteiger partial charge < -0.3 is 18.6 Å². The average molecular weight is 1020 g/mol. The van der Waals surface area contributed by atoms with Crippen molar-refractivity contribution in [2.24, 2.45) is 0 Å². The topological polar surface area (TPSA) is 115 Å². The van der Waals surface area contributed by atoms with E-state index < -0.39 is 111 Å². The molecule has 2 aromatic carbocycles. The second kappa shape index (κ2) is 22.1. The molecular weight excluding hydrogens is 971 g/mol. The minimum Gasteiger partial charge on any atom is -0.497 e. The van der Waals surface area contributed by atoms with Crippen molar-refractivity contribution in [3.63, 3.8) is 0 Å². The Balaban J connectivity index is 2.26. The first-order valence-electron chi connectivity index (χ1n) is 19.5. The highest BCUT2D eigenvalue weighted by Gasteiger charge is 2.95. The summed E-state index contributed by atoms with van der Waals surface area (Å²) in [4.78, 5) is 24.0. The molecule has 0 unspecified atom stereocenters. The number of carbonyl (C=O) groups excluding carboxylic acids is 2. The van der Waals surface area contributed by atoms with Gasteiger partial charge in [-0.15, -0.1) is 0 Å². The van der Waals surface area contributed by atoms with Crippen LogP contribution in [0.1, 0.15) is 58.6 Å². The number of rotatable bonds is 25. The van der Waals surface area contributed by atoms with E-state index in [4.69, 9.17) is 23.8 Å². The Bertz CT molecular complexity index is 1970. The van der Waals surface area contributed by atoms with E-state index in [9.17, 15) is 84.2 Å². The lowest BCUT2D eigenvalue weighted by atomic mass is 9.88. The van der Waals surface area contributed by atoms with Gasteiger partial charge in [0.2, 0.25) is 0 Å². The first-order valence-corrected chi connectivity index (χ1v) is 21.8. The number of benzene rings is 2. The fourth-order valence-corrected chi connectivity index (χ4v) is 10.8. The van der Waals surface area contributed by atoms with Gasteiger partial charge in [-0.25, -0.2) is 10.3 Å². The van der Waals surface area contributed by atoms with Crippen LogP contribution in [0, 0.1) is 0 Å². The Morgan fingerprint density at radius 2 is 1.16 bits per heavy atom. The van der Waals surface area contributed by atoms with Crippen molar-refractivity contribution in [3.05, 3.63) is 78.4 Å². The predicted octanol–water partition coefficient (Wildman–Crippen LogP) is 12.9. The molecule has 0 spiro atoms. The number of amides is 2. The molecular formula is C40H45F17N2O7Si. The number of hydrogen-bond donors (Lipinski definition) is 3. The lowest BCUT2D eigenvalue weighted by Gasteiger charge is -2.44. The number of alkyl halides is 17. The van der Waals surface area contributed by atoms with Crippen molar-refractivity contribution >= 4 is 26.0 Å². The van der Waals surface area contributed by atoms with Crippen LogP contribution in [0.5, 0.6) is 11.5 Å². The Hall–Kier alpha value is -4.79. The molecule has 0 radical (unpaired) electrons. The third-order valence-electron chi connectivity index (χ3n) is 10.3. The monoisotopic (exact) mass is 1020 g/mol. The zero-order valence-corrected chi connectivity index (χ0v) is 36.7. The van der Waals surface area contributed by atoms with E-state index in [1.807, 2.05) is 0 Å². The molecule has 2 amide bonds. The molecule has 2 rings (SSSR count). The maximum atomic E-state index is 15.0. The Morgan fingerprint density at radius 3 is 1.64 bits per heavy atom. The molecule has 0 aromatic heterocycles. The van der Waals surface area contributed by atoms with Crippen molar-refractivity contribution < 1.29 is 108 Å². The highest BCUT2D eigenvalue weighted by Crippen LogP contribution is 2.64. The zero-order valence-electron chi connectivity index (χ0n) is 35.7. The fraction of sp³-hybridized carbons (Fsp3) is 0.550. The summed E-state index contributed by atoms with van der Waals surface area (Å²) in [7, 11) is -2.57. The third kappa shape index (κ3) is 12.7. The SMILES string of the molecule is COc1ccc(NC(=O)O[C@H](CC/C=C/C=C/C(=O)NO)c2ccc(OCCO[Si](CCC(F)(F)C(F)(F)C(F)(F)C(F)(F)C(F)(F)C(F)(F)C(F)(F)C(F)(F)F)(C(C)C)C(C)C)cc2)cc1. The summed E-state index contributed by atoms with van der Waals surface area (Å²) in [5.74, 6) is -57.0. The maximum Gasteiger partial charge on any atom is 0.460 e. The smallest absolute Gasteiger partial charge is 0.460 e. The van der Waals surface area contributed by atoms with Crippen LogP contribution in [-0.2, 0) is 14.0 Å². The second-order valence-corrected chi connectivity index (χ2v) is 20.3. The van der Waals surface area contributed by atoms with Crippen LogP contribution >= 0.6 is 0 Å². The second-order valence-electron chi connectivity index (χ2n) is 15.3. The number of carbonyl (C=O) groups is 2. The van der Waals surface area contributed by atoms with Gasteiger partial charge in [0.05, 0.1) is 13.7 Å². The quantitative estimate of drug-likeness (QED) is 0.0173. The zero-order chi connectivity index (χ0) is 51.7. The van der Waals surface area contributed by atoms with Crippen LogP contribution < -0.4 is 20.3 Å². The number of hydrogen-bond acceptors (Lipinski definition) is 7. The fourth-order valence-electron chi connectivity index (χ4n) is 6.37. The van der Waals surface area contributed by atoms with Gasteiger partial charge in [0.25, 0.3) is 5.91 Å². The summed E-state index contributed by atoms with van der Waals surface area (Å²) in [6.07, 6.45) is -6.23. The van der Waals surface area contributed by atoms with Gasteiger partial charge in [0.15, 0.2) is 8.32 Å². The van der Waals surface area contributed by atoms with Crippen LogP contribution in [0.25, 0.3) is 0 Å². The summed E-state index contributed by atoms with van der Waals surface area (Å²) < 4.78 is 258. The summed E-state index contributed by atoms with van der Waals surface area (Å²) in [6.45, 7) is 4.29. The molecule has 0 saturated carbocycles. The molecule has 67 heavy (non-hydrogen) atoms. The number of anilines is 1.